The second kappa shape index (κ2) is 7.40. The molecule has 0 aromatic carbocycles. The van der Waals surface area contributed by atoms with Gasteiger partial charge in [-0.1, -0.05) is 25.5 Å². The summed E-state index contributed by atoms with van der Waals surface area (Å²) < 4.78 is 11.4. The van der Waals surface area contributed by atoms with Crippen LogP contribution < -0.4 is 10.5 Å². The Bertz CT molecular complexity index is 920. The summed E-state index contributed by atoms with van der Waals surface area (Å²) in [6.07, 6.45) is 7.95. The van der Waals surface area contributed by atoms with Crippen molar-refractivity contribution in [3.63, 3.8) is 0 Å². The Kier molecular flexibility index (Phi) is 4.81. The molecule has 2 N–H and O–H groups in total. The van der Waals surface area contributed by atoms with Gasteiger partial charge in [0.15, 0.2) is 22.9 Å². The number of aliphatic imine (C=N–C) groups is 1. The molecule has 7 nitrogen and oxygen atoms in total. The Morgan fingerprint density at radius 1 is 1.48 bits per heavy atom. The number of hydrazone groups is 1. The van der Waals surface area contributed by atoms with E-state index in [0.29, 0.717) is 29.4 Å². The lowest BCUT2D eigenvalue weighted by molar-refractivity contribution is 0.336. The van der Waals surface area contributed by atoms with Crippen molar-refractivity contribution in [2.45, 2.75) is 38.6 Å². The Balaban J connectivity index is 1.67. The van der Waals surface area contributed by atoms with Crippen LogP contribution in [0.25, 0.3) is 0 Å². The SMILES string of the molecule is C=C(N)/N=C1\C(=C/C)C(c2nc(Oc3cccs3)co2)=NN1C1CCCC1. The number of amidine groups is 1. The third kappa shape index (κ3) is 3.52. The fourth-order valence-corrected chi connectivity index (χ4v) is 3.93. The van der Waals surface area contributed by atoms with Crippen LogP contribution in [0, 0.1) is 0 Å². The van der Waals surface area contributed by atoms with Gasteiger partial charge in [0.05, 0.1) is 6.04 Å². The molecule has 2 aliphatic rings. The molecule has 8 heteroatoms. The maximum atomic E-state index is 5.77. The van der Waals surface area contributed by atoms with Crippen molar-refractivity contribution in [3.8, 4) is 10.9 Å². The lowest BCUT2D eigenvalue weighted by Crippen LogP contribution is -2.32. The molecule has 1 aliphatic carbocycles. The molecule has 2 aromatic heterocycles. The average molecular weight is 383 g/mol. The predicted molar refractivity (Wildman–Crippen MR) is 106 cm³/mol. The fourth-order valence-electron chi connectivity index (χ4n) is 3.35. The Hall–Kier alpha value is -2.87. The van der Waals surface area contributed by atoms with Gasteiger partial charge in [-0.15, -0.1) is 11.3 Å². The molecular weight excluding hydrogens is 362 g/mol. The van der Waals surface area contributed by atoms with Crippen LogP contribution in [0.3, 0.4) is 0 Å². The van der Waals surface area contributed by atoms with Gasteiger partial charge in [-0.05, 0) is 37.3 Å². The highest BCUT2D eigenvalue weighted by Crippen LogP contribution is 2.32. The first-order valence-corrected chi connectivity index (χ1v) is 9.79. The van der Waals surface area contributed by atoms with Crippen LogP contribution in [-0.4, -0.2) is 27.6 Å². The van der Waals surface area contributed by atoms with Gasteiger partial charge in [0, 0.05) is 5.57 Å². The van der Waals surface area contributed by atoms with Gasteiger partial charge in [-0.3, -0.25) is 0 Å². The summed E-state index contributed by atoms with van der Waals surface area (Å²) in [6.45, 7) is 5.65. The molecule has 1 saturated carbocycles. The van der Waals surface area contributed by atoms with E-state index < -0.39 is 0 Å². The quantitative estimate of drug-likeness (QED) is 0.833. The van der Waals surface area contributed by atoms with Crippen LogP contribution in [0.1, 0.15) is 38.5 Å². The zero-order valence-corrected chi connectivity index (χ0v) is 15.9. The molecule has 0 bridgehead atoms. The first-order valence-electron chi connectivity index (χ1n) is 8.91. The van der Waals surface area contributed by atoms with Crippen molar-refractivity contribution in [1.29, 1.82) is 0 Å². The maximum absolute atomic E-state index is 5.77. The molecule has 3 heterocycles. The van der Waals surface area contributed by atoms with Gasteiger partial charge < -0.3 is 14.9 Å². The van der Waals surface area contributed by atoms with Gasteiger partial charge in [0.2, 0.25) is 0 Å². The zero-order valence-electron chi connectivity index (χ0n) is 15.1. The van der Waals surface area contributed by atoms with E-state index in [1.54, 1.807) is 0 Å². The summed E-state index contributed by atoms with van der Waals surface area (Å²) in [5, 5.41) is 9.42. The van der Waals surface area contributed by atoms with Crippen LogP contribution in [0.2, 0.25) is 0 Å². The summed E-state index contributed by atoms with van der Waals surface area (Å²) in [6, 6.07) is 4.09. The summed E-state index contributed by atoms with van der Waals surface area (Å²) in [4.78, 5) is 8.89. The number of allylic oxidation sites excluding steroid dienone is 1. The van der Waals surface area contributed by atoms with Crippen molar-refractivity contribution in [2.75, 3.05) is 0 Å². The number of thiophene rings is 1. The van der Waals surface area contributed by atoms with Crippen LogP contribution >= 0.6 is 11.3 Å². The minimum Gasteiger partial charge on any atom is -0.439 e. The number of hydrogen-bond donors (Lipinski definition) is 1. The fraction of sp³-hybridized carbons (Fsp3) is 0.316. The summed E-state index contributed by atoms with van der Waals surface area (Å²) in [5.41, 5.74) is 7.23. The van der Waals surface area contributed by atoms with Crippen molar-refractivity contribution in [1.82, 2.24) is 9.99 Å². The first kappa shape index (κ1) is 17.5. The van der Waals surface area contributed by atoms with Crippen LogP contribution in [0.5, 0.6) is 10.9 Å². The van der Waals surface area contributed by atoms with E-state index in [9.17, 15) is 0 Å². The second-order valence-electron chi connectivity index (χ2n) is 6.39. The van der Waals surface area contributed by atoms with Gasteiger partial charge in [-0.25, -0.2) is 10.0 Å². The molecule has 0 unspecified atom stereocenters. The number of aromatic nitrogens is 1. The number of ether oxygens (including phenoxy) is 1. The minimum absolute atomic E-state index is 0.248. The standard InChI is InChI=1S/C19H21N5O2S/c1-3-14-17(19-22-15(11-25-19)26-16-9-6-10-27-16)23-24(13-7-4-5-8-13)18(14)21-12(2)20/h3,6,9-11,13H,2,4-5,7-8,20H2,1H3/b14-3-,21-18+. The highest BCUT2D eigenvalue weighted by Gasteiger charge is 2.36. The predicted octanol–water partition coefficient (Wildman–Crippen LogP) is 4.27. The molecule has 2 aromatic rings. The Morgan fingerprint density at radius 2 is 2.30 bits per heavy atom. The molecular formula is C19H21N5O2S. The van der Waals surface area contributed by atoms with E-state index in [-0.39, 0.29) is 5.82 Å². The van der Waals surface area contributed by atoms with E-state index in [4.69, 9.17) is 20.0 Å². The molecule has 0 atom stereocenters. The lowest BCUT2D eigenvalue weighted by Gasteiger charge is -2.22. The monoisotopic (exact) mass is 383 g/mol. The first-order chi connectivity index (χ1) is 13.2. The van der Waals surface area contributed by atoms with Crippen molar-refractivity contribution >= 4 is 22.9 Å². The highest BCUT2D eigenvalue weighted by atomic mass is 32.1. The summed E-state index contributed by atoms with van der Waals surface area (Å²) >= 11 is 1.49. The molecule has 0 radical (unpaired) electrons. The molecule has 0 spiro atoms. The Labute approximate surface area is 161 Å². The summed E-state index contributed by atoms with van der Waals surface area (Å²) in [5.74, 6) is 1.74. The lowest BCUT2D eigenvalue weighted by atomic mass is 10.1. The van der Waals surface area contributed by atoms with E-state index in [1.165, 1.54) is 30.4 Å². The topological polar surface area (TPSA) is 89.2 Å². The van der Waals surface area contributed by atoms with Gasteiger partial charge in [0.25, 0.3) is 11.8 Å². The van der Waals surface area contributed by atoms with Crippen LogP contribution in [0.4, 0.5) is 0 Å². The normalized spacial score (nSPS) is 20.6. The largest absolute Gasteiger partial charge is 0.439 e. The molecule has 0 amide bonds. The number of hydrogen-bond acceptors (Lipinski definition) is 7. The van der Waals surface area contributed by atoms with Gasteiger partial charge in [-0.2, -0.15) is 10.1 Å². The van der Waals surface area contributed by atoms with E-state index in [2.05, 4.69) is 16.6 Å². The zero-order chi connectivity index (χ0) is 18.8. The maximum Gasteiger partial charge on any atom is 0.259 e. The molecule has 4 rings (SSSR count). The molecule has 27 heavy (non-hydrogen) atoms. The summed E-state index contributed by atoms with van der Waals surface area (Å²) in [7, 11) is 0. The molecule has 1 fully saturated rings. The molecule has 0 saturated heterocycles. The third-order valence-corrected chi connectivity index (χ3v) is 5.26. The number of oxazole rings is 1. The Morgan fingerprint density at radius 3 is 2.96 bits per heavy atom. The molecule has 140 valence electrons. The number of rotatable bonds is 5. The average Bonchev–Trinajstić information content (AvgIpc) is 3.42. The highest BCUT2D eigenvalue weighted by molar-refractivity contribution is 7.11. The van der Waals surface area contributed by atoms with Crippen LogP contribution in [0.15, 0.2) is 62.3 Å². The minimum atomic E-state index is 0.248. The third-order valence-electron chi connectivity index (χ3n) is 4.52. The van der Waals surface area contributed by atoms with Gasteiger partial charge in [0.1, 0.15) is 5.82 Å². The van der Waals surface area contributed by atoms with Crippen molar-refractivity contribution < 1.29 is 9.15 Å². The van der Waals surface area contributed by atoms with Gasteiger partial charge >= 0.3 is 0 Å². The van der Waals surface area contributed by atoms with Crippen molar-refractivity contribution in [3.05, 3.63) is 53.7 Å². The molecule has 1 aliphatic heterocycles. The number of nitrogens with two attached hydrogens (primary N) is 1. The van der Waals surface area contributed by atoms with E-state index >= 15 is 0 Å². The smallest absolute Gasteiger partial charge is 0.259 e. The number of nitrogens with zero attached hydrogens (tertiary/aromatic N) is 4. The van der Waals surface area contributed by atoms with E-state index in [0.717, 1.165) is 23.5 Å². The van der Waals surface area contributed by atoms with E-state index in [1.807, 2.05) is 35.5 Å². The van der Waals surface area contributed by atoms with Crippen LogP contribution in [-0.2, 0) is 0 Å². The van der Waals surface area contributed by atoms with Crippen molar-refractivity contribution in [2.24, 2.45) is 15.8 Å². The second-order valence-corrected chi connectivity index (χ2v) is 7.30.